The van der Waals surface area contributed by atoms with Gasteiger partial charge in [-0.15, -0.1) is 0 Å². The number of fused-ring (bicyclic) bond motifs is 1. The van der Waals surface area contributed by atoms with E-state index in [1.54, 1.807) is 19.9 Å². The number of benzene rings is 1. The average Bonchev–Trinajstić information content (AvgIpc) is 3.12. The zero-order valence-electron chi connectivity index (χ0n) is 16.7. The molecule has 29 heavy (non-hydrogen) atoms. The van der Waals surface area contributed by atoms with Crippen LogP contribution < -0.4 is 10.6 Å². The highest BCUT2D eigenvalue weighted by atomic mass is 19.1. The van der Waals surface area contributed by atoms with Crippen LogP contribution in [0.4, 0.5) is 10.1 Å². The summed E-state index contributed by atoms with van der Waals surface area (Å²) >= 11 is 0. The number of nitrogens with zero attached hydrogens (tertiary/aromatic N) is 1. The summed E-state index contributed by atoms with van der Waals surface area (Å²) in [7, 11) is 2.15. The Labute approximate surface area is 168 Å². The van der Waals surface area contributed by atoms with Crippen molar-refractivity contribution in [3.05, 3.63) is 52.1 Å². The van der Waals surface area contributed by atoms with Gasteiger partial charge in [-0.2, -0.15) is 0 Å². The van der Waals surface area contributed by atoms with Gasteiger partial charge < -0.3 is 25.6 Å². The van der Waals surface area contributed by atoms with Crippen molar-refractivity contribution in [2.45, 2.75) is 13.8 Å². The molecular formula is C21H25FN4O3. The Hall–Kier alpha value is -2.97. The van der Waals surface area contributed by atoms with Crippen LogP contribution in [0.15, 0.2) is 18.2 Å². The van der Waals surface area contributed by atoms with E-state index in [4.69, 9.17) is 0 Å². The lowest BCUT2D eigenvalue weighted by Gasteiger charge is -2.21. The first kappa shape index (κ1) is 20.8. The molecule has 7 nitrogen and oxygen atoms in total. The molecule has 0 aliphatic carbocycles. The number of carboxylic acids is 1. The number of halogens is 1. The van der Waals surface area contributed by atoms with Gasteiger partial charge in [0.15, 0.2) is 0 Å². The first-order chi connectivity index (χ1) is 13.8. The molecule has 0 spiro atoms. The van der Waals surface area contributed by atoms with E-state index in [-0.39, 0.29) is 11.5 Å². The van der Waals surface area contributed by atoms with E-state index in [0.29, 0.717) is 33.8 Å². The van der Waals surface area contributed by atoms with Crippen LogP contribution in [0.25, 0.3) is 11.6 Å². The Morgan fingerprint density at radius 2 is 1.93 bits per heavy atom. The first-order valence-electron chi connectivity index (χ1n) is 9.42. The molecule has 3 heterocycles. The van der Waals surface area contributed by atoms with E-state index >= 15 is 0 Å². The zero-order chi connectivity index (χ0) is 21.1. The molecule has 2 aromatic rings. The van der Waals surface area contributed by atoms with Crippen LogP contribution in [0.3, 0.4) is 0 Å². The van der Waals surface area contributed by atoms with Gasteiger partial charge >= 0.3 is 5.97 Å². The predicted molar refractivity (Wildman–Crippen MR) is 110 cm³/mol. The van der Waals surface area contributed by atoms with Crippen LogP contribution in [-0.4, -0.2) is 60.1 Å². The summed E-state index contributed by atoms with van der Waals surface area (Å²) in [6, 6.07) is 4.05. The maximum absolute atomic E-state index is 13.4. The summed E-state index contributed by atoms with van der Waals surface area (Å²) in [6.45, 7) is 8.06. The lowest BCUT2D eigenvalue weighted by Crippen LogP contribution is -2.40. The molecular weight excluding hydrogens is 375 g/mol. The Kier molecular flexibility index (Phi) is 6.14. The highest BCUT2D eigenvalue weighted by molar-refractivity contribution is 6.34. The second kappa shape index (κ2) is 8.59. The number of carboxylic acid groups (broad SMARTS) is 1. The largest absolute Gasteiger partial charge is 0.478 e. The normalized spacial score (nSPS) is 17.5. The summed E-state index contributed by atoms with van der Waals surface area (Å²) < 4.78 is 13.4. The Morgan fingerprint density at radius 3 is 2.48 bits per heavy atom. The smallest absolute Gasteiger partial charge is 0.337 e. The molecule has 2 aliphatic rings. The van der Waals surface area contributed by atoms with E-state index in [9.17, 15) is 19.1 Å². The summed E-state index contributed by atoms with van der Waals surface area (Å²) in [5, 5.41) is 15.1. The minimum atomic E-state index is -1.03. The van der Waals surface area contributed by atoms with E-state index < -0.39 is 11.8 Å². The van der Waals surface area contributed by atoms with Gasteiger partial charge in [-0.05, 0) is 50.7 Å². The molecule has 4 rings (SSSR count). The molecule has 0 saturated carbocycles. The first-order valence-corrected chi connectivity index (χ1v) is 9.42. The van der Waals surface area contributed by atoms with Gasteiger partial charge in [-0.25, -0.2) is 9.18 Å². The lowest BCUT2D eigenvalue weighted by atomic mass is 10.0. The van der Waals surface area contributed by atoms with Crippen molar-refractivity contribution in [3.8, 4) is 0 Å². The van der Waals surface area contributed by atoms with Crippen LogP contribution >= 0.6 is 0 Å². The maximum Gasteiger partial charge on any atom is 0.337 e. The molecule has 0 radical (unpaired) electrons. The van der Waals surface area contributed by atoms with Gasteiger partial charge in [0, 0.05) is 48.8 Å². The van der Waals surface area contributed by atoms with E-state index in [0.717, 1.165) is 13.1 Å². The maximum atomic E-state index is 13.4. The molecule has 2 aliphatic heterocycles. The number of hydrogen-bond acceptors (Lipinski definition) is 4. The molecule has 154 valence electrons. The SMILES string of the molecule is CN1CCNCC1.Cc1[nH]c(C=C2C(=O)Nc3ccc(F)cc32)c(C)c1C(=O)O. The second-order valence-corrected chi connectivity index (χ2v) is 7.22. The van der Waals surface area contributed by atoms with Crippen molar-refractivity contribution in [3.63, 3.8) is 0 Å². The monoisotopic (exact) mass is 400 g/mol. The van der Waals surface area contributed by atoms with Crippen LogP contribution in [0, 0.1) is 19.7 Å². The third-order valence-corrected chi connectivity index (χ3v) is 5.08. The Bertz CT molecular complexity index is 975. The number of aromatic amines is 1. The van der Waals surface area contributed by atoms with Crippen molar-refractivity contribution in [2.75, 3.05) is 38.5 Å². The number of aromatic nitrogens is 1. The molecule has 8 heteroatoms. The second-order valence-electron chi connectivity index (χ2n) is 7.22. The summed E-state index contributed by atoms with van der Waals surface area (Å²) in [4.78, 5) is 28.6. The highest BCUT2D eigenvalue weighted by Crippen LogP contribution is 2.34. The summed E-state index contributed by atoms with van der Waals surface area (Å²) in [6.07, 6.45) is 1.55. The third kappa shape index (κ3) is 4.55. The fourth-order valence-electron chi connectivity index (χ4n) is 3.46. The van der Waals surface area contributed by atoms with E-state index in [2.05, 4.69) is 27.6 Å². The molecule has 0 atom stereocenters. The van der Waals surface area contributed by atoms with Gasteiger partial charge in [-0.3, -0.25) is 4.79 Å². The number of anilines is 1. The number of carbonyl (C=O) groups is 2. The fraction of sp³-hybridized carbons (Fsp3) is 0.333. The quantitative estimate of drug-likeness (QED) is 0.581. The minimum absolute atomic E-state index is 0.185. The summed E-state index contributed by atoms with van der Waals surface area (Å²) in [5.74, 6) is -1.81. The van der Waals surface area contributed by atoms with E-state index in [1.165, 1.54) is 31.3 Å². The van der Waals surface area contributed by atoms with Crippen LogP contribution in [0.1, 0.15) is 32.9 Å². The van der Waals surface area contributed by atoms with Crippen molar-refractivity contribution in [2.24, 2.45) is 0 Å². The van der Waals surface area contributed by atoms with E-state index in [1.807, 2.05) is 0 Å². The number of piperazine rings is 1. The number of nitrogens with one attached hydrogen (secondary N) is 3. The van der Waals surface area contributed by atoms with Crippen LogP contribution in [0.2, 0.25) is 0 Å². The van der Waals surface area contributed by atoms with Gasteiger partial charge in [-0.1, -0.05) is 0 Å². The Balaban J connectivity index is 0.000000290. The van der Waals surface area contributed by atoms with Gasteiger partial charge in [0.25, 0.3) is 5.91 Å². The Morgan fingerprint density at radius 1 is 1.24 bits per heavy atom. The number of carbonyl (C=O) groups excluding carboxylic acids is 1. The molecule has 1 aromatic heterocycles. The topological polar surface area (TPSA) is 97.5 Å². The van der Waals surface area contributed by atoms with Crippen LogP contribution in [-0.2, 0) is 4.79 Å². The molecule has 1 fully saturated rings. The number of aryl methyl sites for hydroxylation is 1. The number of H-pyrrole nitrogens is 1. The number of hydrogen-bond donors (Lipinski definition) is 4. The molecule has 0 bridgehead atoms. The number of amides is 1. The minimum Gasteiger partial charge on any atom is -0.478 e. The number of aromatic carboxylic acids is 1. The van der Waals surface area contributed by atoms with Gasteiger partial charge in [0.1, 0.15) is 5.82 Å². The van der Waals surface area contributed by atoms with Crippen molar-refractivity contribution in [1.82, 2.24) is 15.2 Å². The van der Waals surface area contributed by atoms with Gasteiger partial charge in [0.2, 0.25) is 0 Å². The molecule has 1 aromatic carbocycles. The predicted octanol–water partition coefficient (Wildman–Crippen LogP) is 2.48. The number of likely N-dealkylation sites (N-methyl/N-ethyl adjacent to an activating group) is 1. The molecule has 4 N–H and O–H groups in total. The van der Waals surface area contributed by atoms with Crippen LogP contribution in [0.5, 0.6) is 0 Å². The average molecular weight is 400 g/mol. The van der Waals surface area contributed by atoms with Crippen molar-refractivity contribution in [1.29, 1.82) is 0 Å². The summed E-state index contributed by atoms with van der Waals surface area (Å²) in [5.41, 5.74) is 3.06. The molecule has 0 unspecified atom stereocenters. The fourth-order valence-corrected chi connectivity index (χ4v) is 3.46. The third-order valence-electron chi connectivity index (χ3n) is 5.08. The standard InChI is InChI=1S/C16H13FN2O3.C5H12N2/c1-7-13(18-8(2)14(7)16(21)22)6-11-10-5-9(17)3-4-12(10)19-15(11)20;1-7-4-2-6-3-5-7/h3-6,18H,1-2H3,(H,19,20)(H,21,22);6H,2-5H2,1H3. The lowest BCUT2D eigenvalue weighted by molar-refractivity contribution is -0.110. The zero-order valence-corrected chi connectivity index (χ0v) is 16.7. The molecule has 1 amide bonds. The number of rotatable bonds is 2. The molecule has 1 saturated heterocycles. The highest BCUT2D eigenvalue weighted by Gasteiger charge is 2.26. The van der Waals surface area contributed by atoms with Crippen molar-refractivity contribution < 1.29 is 19.1 Å². The van der Waals surface area contributed by atoms with Gasteiger partial charge in [0.05, 0.1) is 11.1 Å². The van der Waals surface area contributed by atoms with Crippen molar-refractivity contribution >= 4 is 29.2 Å².